The molecule has 1 saturated carbocycles. The minimum atomic E-state index is -5.33. The van der Waals surface area contributed by atoms with Crippen LogP contribution in [-0.2, 0) is 29.0 Å². The zero-order chi connectivity index (χ0) is 32.0. The standard InChI is InChI=1S/C25H34F6N4O6S/c1-23(2,3)18(34-22(39)25(29,30)31)21(38)35-11-13-9-24(27,28)10-15(13)17(35)20(37)33-14(8-16(26)42(4,40)41)7-12-5-6-32-19(12)36/h8,12-15,17-18H,5-7,9-11H2,1-4H3,(H,32,36)(H,33,37)(H,34,39)/b16-8+/t12-,13+,14+,15+,17-,18-/m1/s1. The number of amides is 4. The minimum absolute atomic E-state index is 0.252. The Balaban J connectivity index is 1.97. The Kier molecular flexibility index (Phi) is 9.36. The number of nitrogens with one attached hydrogen (secondary N) is 3. The molecule has 0 aromatic rings. The minimum Gasteiger partial charge on any atom is -0.356 e. The highest BCUT2D eigenvalue weighted by atomic mass is 32.2. The molecule has 238 valence electrons. The van der Waals surface area contributed by atoms with Crippen LogP contribution in [0.3, 0.4) is 0 Å². The van der Waals surface area contributed by atoms with Crippen LogP contribution in [0.2, 0.25) is 0 Å². The van der Waals surface area contributed by atoms with E-state index in [4.69, 9.17) is 0 Å². The Hall–Kier alpha value is -2.85. The van der Waals surface area contributed by atoms with Gasteiger partial charge in [-0.2, -0.15) is 17.6 Å². The number of hydrogen-bond donors (Lipinski definition) is 3. The van der Waals surface area contributed by atoms with Gasteiger partial charge in [-0.25, -0.2) is 17.2 Å². The predicted molar refractivity (Wildman–Crippen MR) is 136 cm³/mol. The topological polar surface area (TPSA) is 142 Å². The van der Waals surface area contributed by atoms with Gasteiger partial charge in [0.2, 0.25) is 38.6 Å². The van der Waals surface area contributed by atoms with Crippen LogP contribution in [0.4, 0.5) is 26.3 Å². The lowest BCUT2D eigenvalue weighted by atomic mass is 9.85. The maximum Gasteiger partial charge on any atom is 0.471 e. The SMILES string of the molecule is CC(C)(C)[C@H](NC(=O)C(F)(F)F)C(=O)N1C[C@@H]2CC(F)(F)C[C@@H]2[C@@H]1C(=O)N[C@H](/C=C(\F)S(C)(=O)=O)C[C@H]1CCNC1=O. The molecule has 3 N–H and O–H groups in total. The summed E-state index contributed by atoms with van der Waals surface area (Å²) in [6.45, 7) is 3.97. The van der Waals surface area contributed by atoms with Gasteiger partial charge in [0, 0.05) is 38.1 Å². The van der Waals surface area contributed by atoms with Gasteiger partial charge in [-0.1, -0.05) is 20.8 Å². The van der Waals surface area contributed by atoms with Crippen LogP contribution in [0.25, 0.3) is 0 Å². The Morgan fingerprint density at radius 2 is 1.76 bits per heavy atom. The maximum absolute atomic E-state index is 14.5. The number of nitrogens with zero attached hydrogens (tertiary/aromatic N) is 1. The van der Waals surface area contributed by atoms with Gasteiger partial charge in [0.25, 0.3) is 0 Å². The van der Waals surface area contributed by atoms with E-state index in [2.05, 4.69) is 10.6 Å². The van der Waals surface area contributed by atoms with E-state index in [1.807, 2.05) is 0 Å². The molecule has 2 saturated heterocycles. The number of carbonyl (C=O) groups is 4. The molecule has 10 nitrogen and oxygen atoms in total. The number of hydrogen-bond acceptors (Lipinski definition) is 6. The van der Waals surface area contributed by atoms with E-state index in [1.165, 1.54) is 20.8 Å². The molecule has 0 spiro atoms. The van der Waals surface area contributed by atoms with Crippen molar-refractivity contribution in [2.75, 3.05) is 19.3 Å². The third-order valence-corrected chi connectivity index (χ3v) is 8.63. The summed E-state index contributed by atoms with van der Waals surface area (Å²) in [4.78, 5) is 52.0. The Morgan fingerprint density at radius 1 is 1.14 bits per heavy atom. The van der Waals surface area contributed by atoms with Crippen LogP contribution in [0.1, 0.15) is 46.5 Å². The molecular weight excluding hydrogens is 598 g/mol. The van der Waals surface area contributed by atoms with E-state index >= 15 is 0 Å². The number of fused-ring (bicyclic) bond motifs is 1. The van der Waals surface area contributed by atoms with E-state index in [0.29, 0.717) is 12.3 Å². The van der Waals surface area contributed by atoms with Crippen LogP contribution >= 0.6 is 0 Å². The van der Waals surface area contributed by atoms with Gasteiger partial charge in [0.1, 0.15) is 12.1 Å². The monoisotopic (exact) mass is 632 g/mol. The quantitative estimate of drug-likeness (QED) is 0.349. The Bertz CT molecular complexity index is 1250. The molecule has 3 rings (SSSR count). The van der Waals surface area contributed by atoms with Crippen molar-refractivity contribution in [2.24, 2.45) is 23.2 Å². The zero-order valence-corrected chi connectivity index (χ0v) is 24.2. The third-order valence-electron chi connectivity index (χ3n) is 7.79. The molecule has 1 aliphatic carbocycles. The molecule has 3 fully saturated rings. The van der Waals surface area contributed by atoms with Crippen molar-refractivity contribution < 1.29 is 53.9 Å². The van der Waals surface area contributed by atoms with Gasteiger partial charge in [-0.05, 0) is 36.2 Å². The Labute approximate surface area is 238 Å². The first-order valence-electron chi connectivity index (χ1n) is 13.2. The highest BCUT2D eigenvalue weighted by Gasteiger charge is 2.59. The number of likely N-dealkylation sites (tertiary alicyclic amines) is 1. The van der Waals surface area contributed by atoms with E-state index in [-0.39, 0.29) is 19.4 Å². The van der Waals surface area contributed by atoms with Crippen molar-refractivity contribution in [1.29, 1.82) is 0 Å². The number of halogens is 6. The lowest BCUT2D eigenvalue weighted by Crippen LogP contribution is -2.60. The average molecular weight is 633 g/mol. The average Bonchev–Trinajstić information content (AvgIpc) is 3.45. The summed E-state index contributed by atoms with van der Waals surface area (Å²) >= 11 is 0. The summed E-state index contributed by atoms with van der Waals surface area (Å²) < 4.78 is 106. The fourth-order valence-corrected chi connectivity index (χ4v) is 6.19. The molecule has 2 aliphatic heterocycles. The van der Waals surface area contributed by atoms with Crippen molar-refractivity contribution in [3.63, 3.8) is 0 Å². The molecular formula is C25H34F6N4O6S. The molecule has 2 heterocycles. The summed E-state index contributed by atoms with van der Waals surface area (Å²) in [6.07, 6.45) is -5.67. The van der Waals surface area contributed by atoms with Gasteiger partial charge in [0.15, 0.2) is 0 Å². The number of alkyl halides is 5. The van der Waals surface area contributed by atoms with Crippen molar-refractivity contribution in [3.8, 4) is 0 Å². The van der Waals surface area contributed by atoms with Crippen LogP contribution in [-0.4, -0.2) is 86.5 Å². The molecule has 0 aromatic carbocycles. The summed E-state index contributed by atoms with van der Waals surface area (Å²) in [5.41, 5.74) is -1.31. The maximum atomic E-state index is 14.5. The summed E-state index contributed by atoms with van der Waals surface area (Å²) in [5, 5.41) is 4.95. The fourth-order valence-electron chi connectivity index (χ4n) is 5.78. The van der Waals surface area contributed by atoms with Gasteiger partial charge >= 0.3 is 12.1 Å². The molecule has 6 atom stereocenters. The second kappa shape index (κ2) is 11.7. The molecule has 42 heavy (non-hydrogen) atoms. The molecule has 0 bridgehead atoms. The summed E-state index contributed by atoms with van der Waals surface area (Å²) in [6, 6.07) is -4.87. The van der Waals surface area contributed by atoms with E-state index in [1.54, 1.807) is 5.32 Å². The van der Waals surface area contributed by atoms with Crippen molar-refractivity contribution >= 4 is 33.5 Å². The van der Waals surface area contributed by atoms with E-state index in [9.17, 15) is 53.9 Å². The number of sulfone groups is 1. The lowest BCUT2D eigenvalue weighted by molar-refractivity contribution is -0.176. The van der Waals surface area contributed by atoms with Gasteiger partial charge < -0.3 is 20.9 Å². The van der Waals surface area contributed by atoms with Crippen molar-refractivity contribution in [2.45, 2.75) is 76.7 Å². The first-order valence-corrected chi connectivity index (χ1v) is 15.1. The van der Waals surface area contributed by atoms with Crippen LogP contribution in [0, 0.1) is 23.2 Å². The smallest absolute Gasteiger partial charge is 0.356 e. The van der Waals surface area contributed by atoms with Crippen LogP contribution in [0.5, 0.6) is 0 Å². The van der Waals surface area contributed by atoms with Gasteiger partial charge in [0.05, 0.1) is 6.04 Å². The zero-order valence-electron chi connectivity index (χ0n) is 23.4. The molecule has 17 heteroatoms. The number of carbonyl (C=O) groups excluding carboxylic acids is 4. The molecule has 0 aromatic heterocycles. The number of rotatable bonds is 8. The fraction of sp³-hybridized carbons (Fsp3) is 0.760. The van der Waals surface area contributed by atoms with Crippen LogP contribution in [0.15, 0.2) is 11.2 Å². The highest BCUT2D eigenvalue weighted by Crippen LogP contribution is 2.50. The normalized spacial score (nSPS) is 27.7. The largest absolute Gasteiger partial charge is 0.471 e. The van der Waals surface area contributed by atoms with Crippen molar-refractivity contribution in [3.05, 3.63) is 11.2 Å². The van der Waals surface area contributed by atoms with Gasteiger partial charge in [-0.3, -0.25) is 19.2 Å². The lowest BCUT2D eigenvalue weighted by Gasteiger charge is -2.37. The summed E-state index contributed by atoms with van der Waals surface area (Å²) in [7, 11) is -4.36. The molecule has 4 amide bonds. The first kappa shape index (κ1) is 33.6. The second-order valence-electron chi connectivity index (χ2n) is 12.3. The summed E-state index contributed by atoms with van der Waals surface area (Å²) in [5.74, 6) is -11.0. The Morgan fingerprint density at radius 3 is 2.26 bits per heavy atom. The van der Waals surface area contributed by atoms with Gasteiger partial charge in [-0.15, -0.1) is 0 Å². The first-order chi connectivity index (χ1) is 19.0. The molecule has 0 radical (unpaired) electrons. The van der Waals surface area contributed by atoms with E-state index < -0.39 is 111 Å². The predicted octanol–water partition coefficient (Wildman–Crippen LogP) is 1.82. The van der Waals surface area contributed by atoms with Crippen molar-refractivity contribution in [1.82, 2.24) is 20.9 Å². The van der Waals surface area contributed by atoms with E-state index in [0.717, 1.165) is 4.90 Å². The second-order valence-corrected chi connectivity index (χ2v) is 14.2. The third kappa shape index (κ3) is 7.75. The molecule has 0 unspecified atom stereocenters. The van der Waals surface area contributed by atoms with Crippen LogP contribution < -0.4 is 16.0 Å². The highest BCUT2D eigenvalue weighted by molar-refractivity contribution is 7.94. The molecule has 3 aliphatic rings.